The standard InChI is InChI=1S/C14H24OSi/c1-12(2)14(3,4)16-15-11-10-13-8-6-5-7-9-13/h5-9,12H,10-11,16H2,1-4H3. The van der Waals surface area contributed by atoms with Crippen molar-refractivity contribution in [3.05, 3.63) is 35.9 Å². The molecule has 0 amide bonds. The number of hydrogen-bond donors (Lipinski definition) is 0. The molecule has 1 nitrogen and oxygen atoms in total. The van der Waals surface area contributed by atoms with Gasteiger partial charge >= 0.3 is 0 Å². The average Bonchev–Trinajstić information content (AvgIpc) is 2.26. The van der Waals surface area contributed by atoms with Crippen LogP contribution in [0.15, 0.2) is 30.3 Å². The molecule has 0 spiro atoms. The summed E-state index contributed by atoms with van der Waals surface area (Å²) < 4.78 is 5.90. The third kappa shape index (κ3) is 4.50. The van der Waals surface area contributed by atoms with E-state index in [0.29, 0.717) is 5.04 Å². The predicted molar refractivity (Wildman–Crippen MR) is 73.5 cm³/mol. The van der Waals surface area contributed by atoms with Gasteiger partial charge < -0.3 is 4.43 Å². The van der Waals surface area contributed by atoms with Crippen LogP contribution in [-0.2, 0) is 10.8 Å². The van der Waals surface area contributed by atoms with Crippen molar-refractivity contribution < 1.29 is 4.43 Å². The minimum absolute atomic E-state index is 0.413. The summed E-state index contributed by atoms with van der Waals surface area (Å²) in [6.07, 6.45) is 1.04. The Balaban J connectivity index is 2.22. The molecule has 1 rings (SSSR count). The van der Waals surface area contributed by atoms with Gasteiger partial charge in [-0.15, -0.1) is 0 Å². The molecule has 0 radical (unpaired) electrons. The first-order valence-corrected chi connectivity index (χ1v) is 7.42. The fourth-order valence-electron chi connectivity index (χ4n) is 1.34. The first-order chi connectivity index (χ1) is 7.52. The Kier molecular flexibility index (Phi) is 5.23. The Hall–Kier alpha value is -0.603. The Morgan fingerprint density at radius 2 is 1.81 bits per heavy atom. The quantitative estimate of drug-likeness (QED) is 0.544. The molecule has 90 valence electrons. The maximum Gasteiger partial charge on any atom is 0.167 e. The largest absolute Gasteiger partial charge is 0.423 e. The molecule has 0 fully saturated rings. The van der Waals surface area contributed by atoms with Crippen LogP contribution in [0, 0.1) is 5.92 Å². The van der Waals surface area contributed by atoms with Crippen LogP contribution in [0.3, 0.4) is 0 Å². The van der Waals surface area contributed by atoms with Gasteiger partial charge in [-0.05, 0) is 22.9 Å². The van der Waals surface area contributed by atoms with Gasteiger partial charge in [-0.2, -0.15) is 0 Å². The molecular formula is C14H24OSi. The number of benzene rings is 1. The first kappa shape index (κ1) is 13.5. The highest BCUT2D eigenvalue weighted by atomic mass is 28.2. The van der Waals surface area contributed by atoms with Crippen LogP contribution in [0.25, 0.3) is 0 Å². The SMILES string of the molecule is CC(C)C(C)(C)[SiH2]OCCc1ccccc1. The number of rotatable bonds is 6. The average molecular weight is 236 g/mol. The van der Waals surface area contributed by atoms with Crippen LogP contribution >= 0.6 is 0 Å². The van der Waals surface area contributed by atoms with E-state index in [1.807, 2.05) is 0 Å². The van der Waals surface area contributed by atoms with Crippen molar-refractivity contribution in [3.8, 4) is 0 Å². The molecule has 0 saturated carbocycles. The van der Waals surface area contributed by atoms with Crippen LogP contribution in [0.1, 0.15) is 33.3 Å². The molecule has 0 unspecified atom stereocenters. The van der Waals surface area contributed by atoms with Crippen molar-refractivity contribution >= 4 is 9.76 Å². The highest BCUT2D eigenvalue weighted by Crippen LogP contribution is 2.32. The lowest BCUT2D eigenvalue weighted by Crippen LogP contribution is -2.22. The van der Waals surface area contributed by atoms with Crippen molar-refractivity contribution in [1.29, 1.82) is 0 Å². The van der Waals surface area contributed by atoms with Gasteiger partial charge in [-0.25, -0.2) is 0 Å². The summed E-state index contributed by atoms with van der Waals surface area (Å²) in [4.78, 5) is 0. The van der Waals surface area contributed by atoms with Gasteiger partial charge in [0.1, 0.15) is 0 Å². The molecule has 16 heavy (non-hydrogen) atoms. The second-order valence-electron chi connectivity index (χ2n) is 5.43. The van der Waals surface area contributed by atoms with E-state index in [9.17, 15) is 0 Å². The Morgan fingerprint density at radius 1 is 1.19 bits per heavy atom. The lowest BCUT2D eigenvalue weighted by atomic mass is 9.99. The van der Waals surface area contributed by atoms with Crippen molar-refractivity contribution in [2.24, 2.45) is 5.92 Å². The molecule has 1 aromatic rings. The van der Waals surface area contributed by atoms with Crippen LogP contribution in [0.2, 0.25) is 5.04 Å². The highest BCUT2D eigenvalue weighted by Gasteiger charge is 2.23. The van der Waals surface area contributed by atoms with Crippen LogP contribution in [-0.4, -0.2) is 16.4 Å². The summed E-state index contributed by atoms with van der Waals surface area (Å²) in [5.74, 6) is 0.718. The van der Waals surface area contributed by atoms with E-state index < -0.39 is 9.76 Å². The van der Waals surface area contributed by atoms with E-state index >= 15 is 0 Å². The van der Waals surface area contributed by atoms with Crippen LogP contribution in [0.4, 0.5) is 0 Å². The Bertz CT molecular complexity index is 293. The zero-order valence-electron chi connectivity index (χ0n) is 11.0. The van der Waals surface area contributed by atoms with Crippen LogP contribution < -0.4 is 0 Å². The summed E-state index contributed by atoms with van der Waals surface area (Å²) in [6.45, 7) is 10.1. The molecule has 0 bridgehead atoms. The first-order valence-electron chi connectivity index (χ1n) is 6.14. The molecule has 0 atom stereocenters. The normalized spacial score (nSPS) is 12.8. The van der Waals surface area contributed by atoms with E-state index in [1.54, 1.807) is 0 Å². The third-order valence-corrected chi connectivity index (χ3v) is 5.47. The minimum atomic E-state index is -0.424. The molecule has 0 aliphatic carbocycles. The summed E-state index contributed by atoms with van der Waals surface area (Å²) in [7, 11) is -0.424. The van der Waals surface area contributed by atoms with Gasteiger partial charge in [0, 0.05) is 6.61 Å². The lowest BCUT2D eigenvalue weighted by molar-refractivity contribution is 0.305. The zero-order valence-corrected chi connectivity index (χ0v) is 12.4. The highest BCUT2D eigenvalue weighted by molar-refractivity contribution is 6.32. The summed E-state index contributed by atoms with van der Waals surface area (Å²) in [5.41, 5.74) is 1.37. The van der Waals surface area contributed by atoms with Crippen LogP contribution in [0.5, 0.6) is 0 Å². The van der Waals surface area contributed by atoms with Gasteiger partial charge in [0.15, 0.2) is 9.76 Å². The second-order valence-corrected chi connectivity index (χ2v) is 7.95. The van der Waals surface area contributed by atoms with Crippen molar-refractivity contribution in [3.63, 3.8) is 0 Å². The minimum Gasteiger partial charge on any atom is -0.423 e. The molecule has 0 aliphatic heterocycles. The summed E-state index contributed by atoms with van der Waals surface area (Å²) in [6, 6.07) is 10.6. The van der Waals surface area contributed by atoms with E-state index in [2.05, 4.69) is 58.0 Å². The molecule has 1 aromatic carbocycles. The van der Waals surface area contributed by atoms with Crippen molar-refractivity contribution in [2.45, 2.75) is 39.2 Å². The van der Waals surface area contributed by atoms with E-state index in [-0.39, 0.29) is 0 Å². The van der Waals surface area contributed by atoms with Gasteiger partial charge in [-0.1, -0.05) is 58.0 Å². The molecule has 0 saturated heterocycles. The monoisotopic (exact) mass is 236 g/mol. The molecule has 0 aliphatic rings. The van der Waals surface area contributed by atoms with E-state index in [0.717, 1.165) is 18.9 Å². The Morgan fingerprint density at radius 3 is 2.38 bits per heavy atom. The van der Waals surface area contributed by atoms with Gasteiger partial charge in [-0.3, -0.25) is 0 Å². The molecule has 0 heterocycles. The smallest absolute Gasteiger partial charge is 0.167 e. The lowest BCUT2D eigenvalue weighted by Gasteiger charge is -2.28. The molecular weight excluding hydrogens is 212 g/mol. The maximum atomic E-state index is 5.90. The Labute approximate surface area is 102 Å². The fraction of sp³-hybridized carbons (Fsp3) is 0.571. The molecule has 0 aromatic heterocycles. The van der Waals surface area contributed by atoms with Gasteiger partial charge in [0.05, 0.1) is 0 Å². The fourth-order valence-corrected chi connectivity index (χ4v) is 2.48. The second kappa shape index (κ2) is 6.21. The van der Waals surface area contributed by atoms with Gasteiger partial charge in [0.25, 0.3) is 0 Å². The van der Waals surface area contributed by atoms with Crippen molar-refractivity contribution in [2.75, 3.05) is 6.61 Å². The maximum absolute atomic E-state index is 5.90. The van der Waals surface area contributed by atoms with E-state index in [1.165, 1.54) is 5.56 Å². The predicted octanol–water partition coefficient (Wildman–Crippen LogP) is 3.18. The summed E-state index contributed by atoms with van der Waals surface area (Å²) >= 11 is 0. The third-order valence-electron chi connectivity index (χ3n) is 3.41. The van der Waals surface area contributed by atoms with Crippen molar-refractivity contribution in [1.82, 2.24) is 0 Å². The number of hydrogen-bond acceptors (Lipinski definition) is 1. The molecule has 0 N–H and O–H groups in total. The van der Waals surface area contributed by atoms with E-state index in [4.69, 9.17) is 4.43 Å². The molecule has 2 heteroatoms. The zero-order chi connectivity index (χ0) is 12.0. The topological polar surface area (TPSA) is 9.23 Å². The summed E-state index contributed by atoms with van der Waals surface area (Å²) in [5, 5.41) is 0.413. The van der Waals surface area contributed by atoms with Gasteiger partial charge in [0.2, 0.25) is 0 Å².